The molecule has 0 radical (unpaired) electrons. The Morgan fingerprint density at radius 2 is 1.79 bits per heavy atom. The maximum atomic E-state index is 12.8. The van der Waals surface area contributed by atoms with Gasteiger partial charge in [0.25, 0.3) is 5.91 Å². The number of thiophene rings is 1. The number of carbonyl (C=O) groups excluding carboxylic acids is 1. The second-order valence-corrected chi connectivity index (χ2v) is 9.03. The van der Waals surface area contributed by atoms with E-state index >= 15 is 0 Å². The van der Waals surface area contributed by atoms with E-state index in [4.69, 9.17) is 4.74 Å². The summed E-state index contributed by atoms with van der Waals surface area (Å²) in [6, 6.07) is 17.7. The lowest BCUT2D eigenvalue weighted by molar-refractivity contribution is 0.103. The lowest BCUT2D eigenvalue weighted by Gasteiger charge is -2.16. The fourth-order valence-electron chi connectivity index (χ4n) is 2.55. The van der Waals surface area contributed by atoms with Crippen LogP contribution in [0.5, 0.6) is 5.75 Å². The van der Waals surface area contributed by atoms with Crippen LogP contribution in [-0.4, -0.2) is 32.8 Å². The van der Waals surface area contributed by atoms with E-state index in [1.807, 2.05) is 30.3 Å². The highest BCUT2D eigenvalue weighted by Gasteiger charge is 2.24. The first-order valence-corrected chi connectivity index (χ1v) is 10.8. The molecule has 0 bridgehead atoms. The van der Waals surface area contributed by atoms with Crippen LogP contribution < -0.4 is 10.1 Å². The first-order valence-electron chi connectivity index (χ1n) is 8.44. The monoisotopic (exact) mass is 416 g/mol. The molecule has 2 aromatic carbocycles. The van der Waals surface area contributed by atoms with Crippen molar-refractivity contribution < 1.29 is 17.9 Å². The third kappa shape index (κ3) is 4.59. The minimum absolute atomic E-state index is 0.107. The van der Waals surface area contributed by atoms with Crippen molar-refractivity contribution in [3.05, 3.63) is 76.5 Å². The summed E-state index contributed by atoms with van der Waals surface area (Å²) in [4.78, 5) is 12.9. The van der Waals surface area contributed by atoms with Crippen LogP contribution in [0.4, 0.5) is 5.69 Å². The van der Waals surface area contributed by atoms with Gasteiger partial charge in [-0.25, -0.2) is 8.42 Å². The smallest absolute Gasteiger partial charge is 0.265 e. The lowest BCUT2D eigenvalue weighted by atomic mass is 10.2. The molecule has 1 heterocycles. The molecule has 0 atom stereocenters. The normalized spacial score (nSPS) is 11.4. The van der Waals surface area contributed by atoms with E-state index < -0.39 is 10.0 Å². The van der Waals surface area contributed by atoms with Crippen molar-refractivity contribution in [1.29, 1.82) is 0 Å². The van der Waals surface area contributed by atoms with Crippen LogP contribution >= 0.6 is 11.3 Å². The van der Waals surface area contributed by atoms with Crippen molar-refractivity contribution in [2.45, 2.75) is 11.4 Å². The maximum absolute atomic E-state index is 12.8. The minimum atomic E-state index is -3.68. The Morgan fingerprint density at radius 1 is 1.11 bits per heavy atom. The number of nitrogens with zero attached hydrogens (tertiary/aromatic N) is 1. The Morgan fingerprint density at radius 3 is 2.43 bits per heavy atom. The van der Waals surface area contributed by atoms with Gasteiger partial charge >= 0.3 is 0 Å². The molecule has 0 aliphatic carbocycles. The van der Waals surface area contributed by atoms with Crippen molar-refractivity contribution in [3.63, 3.8) is 0 Å². The number of ether oxygens (including phenoxy) is 1. The van der Waals surface area contributed by atoms with E-state index in [1.165, 1.54) is 22.8 Å². The molecule has 0 aliphatic rings. The van der Waals surface area contributed by atoms with Crippen LogP contribution in [-0.2, 0) is 16.6 Å². The fraction of sp³-hybridized carbons (Fsp3) is 0.150. The Hall–Kier alpha value is -2.68. The molecule has 0 saturated carbocycles. The van der Waals surface area contributed by atoms with E-state index in [-0.39, 0.29) is 17.3 Å². The molecule has 6 nitrogen and oxygen atoms in total. The van der Waals surface area contributed by atoms with E-state index in [1.54, 1.807) is 31.4 Å². The SMILES string of the molecule is COc1ccc(NC(=O)c2cc(S(=O)(=O)N(C)Cc3ccccc3)cs2)cc1. The predicted molar refractivity (Wildman–Crippen MR) is 110 cm³/mol. The van der Waals surface area contributed by atoms with Crippen molar-refractivity contribution in [1.82, 2.24) is 4.31 Å². The Labute approximate surface area is 168 Å². The first-order chi connectivity index (χ1) is 13.4. The van der Waals surface area contributed by atoms with Gasteiger partial charge in [-0.05, 0) is 35.9 Å². The van der Waals surface area contributed by atoms with Gasteiger partial charge in [0.15, 0.2) is 0 Å². The number of rotatable bonds is 7. The van der Waals surface area contributed by atoms with Crippen molar-refractivity contribution in [2.24, 2.45) is 0 Å². The molecule has 3 aromatic rings. The number of anilines is 1. The molecule has 146 valence electrons. The van der Waals surface area contributed by atoms with Crippen molar-refractivity contribution in [3.8, 4) is 5.75 Å². The van der Waals surface area contributed by atoms with Crippen LogP contribution in [0, 0.1) is 0 Å². The molecule has 1 amide bonds. The van der Waals surface area contributed by atoms with Gasteiger partial charge in [-0.15, -0.1) is 11.3 Å². The highest BCUT2D eigenvalue weighted by atomic mass is 32.2. The number of carbonyl (C=O) groups is 1. The molecule has 0 spiro atoms. The van der Waals surface area contributed by atoms with Gasteiger partial charge in [-0.2, -0.15) is 4.31 Å². The largest absolute Gasteiger partial charge is 0.497 e. The van der Waals surface area contributed by atoms with Gasteiger partial charge in [-0.1, -0.05) is 30.3 Å². The quantitative estimate of drug-likeness (QED) is 0.635. The number of hydrogen-bond acceptors (Lipinski definition) is 5. The Bertz CT molecular complexity index is 1050. The van der Waals surface area contributed by atoms with Crippen molar-refractivity contribution >= 4 is 33.0 Å². The number of hydrogen-bond donors (Lipinski definition) is 1. The van der Waals surface area contributed by atoms with Gasteiger partial charge in [0.05, 0.1) is 16.9 Å². The zero-order valence-electron chi connectivity index (χ0n) is 15.5. The average molecular weight is 417 g/mol. The summed E-state index contributed by atoms with van der Waals surface area (Å²) in [6.07, 6.45) is 0. The predicted octanol–water partition coefficient (Wildman–Crippen LogP) is 3.83. The zero-order chi connectivity index (χ0) is 20.1. The third-order valence-corrected chi connectivity index (χ3v) is 6.96. The maximum Gasteiger partial charge on any atom is 0.265 e. The molecular weight excluding hydrogens is 396 g/mol. The number of methoxy groups -OCH3 is 1. The van der Waals surface area contributed by atoms with E-state index in [9.17, 15) is 13.2 Å². The van der Waals surface area contributed by atoms with E-state index in [2.05, 4.69) is 5.32 Å². The molecule has 28 heavy (non-hydrogen) atoms. The summed E-state index contributed by atoms with van der Waals surface area (Å²) in [5.41, 5.74) is 1.49. The van der Waals surface area contributed by atoms with Gasteiger partial charge in [0.2, 0.25) is 10.0 Å². The van der Waals surface area contributed by atoms with Crippen LogP contribution in [0.25, 0.3) is 0 Å². The lowest BCUT2D eigenvalue weighted by Crippen LogP contribution is -2.26. The minimum Gasteiger partial charge on any atom is -0.497 e. The summed E-state index contributed by atoms with van der Waals surface area (Å²) in [6.45, 7) is 0.256. The summed E-state index contributed by atoms with van der Waals surface area (Å²) < 4.78 is 31.9. The molecule has 8 heteroatoms. The number of sulfonamides is 1. The Balaban J connectivity index is 1.71. The topological polar surface area (TPSA) is 75.7 Å². The summed E-state index contributed by atoms with van der Waals surface area (Å²) in [7, 11) is -0.594. The number of benzene rings is 2. The third-order valence-electron chi connectivity index (χ3n) is 4.10. The van der Waals surface area contributed by atoms with Gasteiger partial charge in [-0.3, -0.25) is 4.79 Å². The van der Waals surface area contributed by atoms with Crippen LogP contribution in [0.1, 0.15) is 15.2 Å². The van der Waals surface area contributed by atoms with E-state index in [0.717, 1.165) is 16.9 Å². The zero-order valence-corrected chi connectivity index (χ0v) is 17.1. The Kier molecular flexibility index (Phi) is 6.13. The summed E-state index contributed by atoms with van der Waals surface area (Å²) in [5, 5.41) is 4.24. The second-order valence-electron chi connectivity index (χ2n) is 6.08. The summed E-state index contributed by atoms with van der Waals surface area (Å²) >= 11 is 1.09. The van der Waals surface area contributed by atoms with Gasteiger partial charge in [0.1, 0.15) is 5.75 Å². The molecule has 0 fully saturated rings. The molecule has 0 unspecified atom stereocenters. The van der Waals surface area contributed by atoms with Crippen LogP contribution in [0.15, 0.2) is 70.9 Å². The van der Waals surface area contributed by atoms with E-state index in [0.29, 0.717) is 16.3 Å². The molecule has 0 aliphatic heterocycles. The molecule has 1 aromatic heterocycles. The molecular formula is C20H20N2O4S2. The standard InChI is InChI=1S/C20H20N2O4S2/c1-22(13-15-6-4-3-5-7-15)28(24,25)18-12-19(27-14-18)20(23)21-16-8-10-17(26-2)11-9-16/h3-12,14H,13H2,1-2H3,(H,21,23). The molecule has 0 saturated heterocycles. The average Bonchev–Trinajstić information content (AvgIpc) is 3.20. The van der Waals surface area contributed by atoms with Crippen molar-refractivity contribution in [2.75, 3.05) is 19.5 Å². The highest BCUT2D eigenvalue weighted by Crippen LogP contribution is 2.24. The van der Waals surface area contributed by atoms with Gasteiger partial charge in [0, 0.05) is 24.7 Å². The number of amides is 1. The van der Waals surface area contributed by atoms with Crippen LogP contribution in [0.2, 0.25) is 0 Å². The number of nitrogens with one attached hydrogen (secondary N) is 1. The molecule has 1 N–H and O–H groups in total. The summed E-state index contributed by atoms with van der Waals surface area (Å²) in [5.74, 6) is 0.325. The second kappa shape index (κ2) is 8.55. The van der Waals surface area contributed by atoms with Gasteiger partial charge < -0.3 is 10.1 Å². The van der Waals surface area contributed by atoms with Crippen LogP contribution in [0.3, 0.4) is 0 Å². The molecule has 3 rings (SSSR count). The fourth-order valence-corrected chi connectivity index (χ4v) is 4.86. The highest BCUT2D eigenvalue weighted by molar-refractivity contribution is 7.89. The first kappa shape index (κ1) is 20.1.